The molecule has 0 unspecified atom stereocenters. The van der Waals surface area contributed by atoms with E-state index in [0.29, 0.717) is 18.7 Å². The Labute approximate surface area is 136 Å². The summed E-state index contributed by atoms with van der Waals surface area (Å²) in [5.41, 5.74) is 3.69. The van der Waals surface area contributed by atoms with Crippen LogP contribution in [0.15, 0.2) is 30.5 Å². The molecule has 1 aromatic heterocycles. The van der Waals surface area contributed by atoms with E-state index >= 15 is 0 Å². The van der Waals surface area contributed by atoms with Crippen molar-refractivity contribution in [2.75, 3.05) is 13.1 Å². The van der Waals surface area contributed by atoms with Gasteiger partial charge in [0.05, 0.1) is 35.3 Å². The predicted octanol–water partition coefficient (Wildman–Crippen LogP) is 2.74. The molecule has 5 heteroatoms. The first kappa shape index (κ1) is 15.7. The monoisotopic (exact) mass is 313 g/mol. The number of carbonyl (C=O) groups excluding carboxylic acids is 1. The van der Waals surface area contributed by atoms with Crippen LogP contribution in [-0.4, -0.2) is 45.9 Å². The number of aromatic nitrogens is 2. The highest BCUT2D eigenvalue weighted by molar-refractivity contribution is 5.95. The standard InChI is InChI=1S/C18H23N3O2/c1-12-5-7-16(8-6-12)21-15(4)17(9-19-21)18(22)20-10-13(2)23-14(3)11-20/h5-9,13-14H,10-11H2,1-4H3/t13-,14-/m1/s1. The molecule has 2 atom stereocenters. The Bertz CT molecular complexity index is 696. The van der Waals surface area contributed by atoms with Crippen molar-refractivity contribution in [3.8, 4) is 5.69 Å². The molecule has 3 rings (SSSR count). The van der Waals surface area contributed by atoms with E-state index in [4.69, 9.17) is 4.74 Å². The Morgan fingerprint density at radius 3 is 2.35 bits per heavy atom. The molecule has 0 saturated carbocycles. The number of benzene rings is 1. The van der Waals surface area contributed by atoms with Gasteiger partial charge in [0.2, 0.25) is 0 Å². The maximum atomic E-state index is 12.8. The molecule has 23 heavy (non-hydrogen) atoms. The summed E-state index contributed by atoms with van der Waals surface area (Å²) >= 11 is 0. The van der Waals surface area contributed by atoms with Crippen LogP contribution in [0.25, 0.3) is 5.69 Å². The van der Waals surface area contributed by atoms with Gasteiger partial charge in [0.1, 0.15) is 0 Å². The number of rotatable bonds is 2. The fourth-order valence-electron chi connectivity index (χ4n) is 3.08. The number of carbonyl (C=O) groups is 1. The summed E-state index contributed by atoms with van der Waals surface area (Å²) in [7, 11) is 0. The van der Waals surface area contributed by atoms with E-state index in [2.05, 4.69) is 12.0 Å². The summed E-state index contributed by atoms with van der Waals surface area (Å²) in [6.07, 6.45) is 1.80. The van der Waals surface area contributed by atoms with Gasteiger partial charge in [-0.05, 0) is 39.8 Å². The lowest BCUT2D eigenvalue weighted by Gasteiger charge is -2.35. The van der Waals surface area contributed by atoms with Crippen molar-refractivity contribution >= 4 is 5.91 Å². The molecule has 0 aliphatic carbocycles. The third-order valence-corrected chi connectivity index (χ3v) is 4.23. The highest BCUT2D eigenvalue weighted by Gasteiger charge is 2.28. The van der Waals surface area contributed by atoms with Crippen LogP contribution in [0.4, 0.5) is 0 Å². The molecule has 0 spiro atoms. The molecule has 122 valence electrons. The summed E-state index contributed by atoms with van der Waals surface area (Å²) in [5, 5.41) is 4.41. The van der Waals surface area contributed by atoms with E-state index in [1.54, 1.807) is 6.20 Å². The normalized spacial score (nSPS) is 21.5. The molecular weight excluding hydrogens is 290 g/mol. The Morgan fingerprint density at radius 2 is 1.74 bits per heavy atom. The molecule has 5 nitrogen and oxygen atoms in total. The third-order valence-electron chi connectivity index (χ3n) is 4.23. The zero-order valence-electron chi connectivity index (χ0n) is 14.1. The smallest absolute Gasteiger partial charge is 0.257 e. The molecule has 0 radical (unpaired) electrons. The average molecular weight is 313 g/mol. The SMILES string of the molecule is Cc1ccc(-n2ncc(C(=O)N3C[C@@H](C)O[C@H](C)C3)c2C)cc1. The van der Waals surface area contributed by atoms with Gasteiger partial charge in [-0.2, -0.15) is 5.10 Å². The predicted molar refractivity (Wildman–Crippen MR) is 89.0 cm³/mol. The topological polar surface area (TPSA) is 47.4 Å². The van der Waals surface area contributed by atoms with Crippen molar-refractivity contribution in [2.45, 2.75) is 39.9 Å². The van der Waals surface area contributed by atoms with E-state index in [1.807, 2.05) is 54.6 Å². The summed E-state index contributed by atoms with van der Waals surface area (Å²) < 4.78 is 7.52. The summed E-state index contributed by atoms with van der Waals surface area (Å²) in [6, 6.07) is 8.12. The van der Waals surface area contributed by atoms with Crippen molar-refractivity contribution in [1.82, 2.24) is 14.7 Å². The number of nitrogens with zero attached hydrogens (tertiary/aromatic N) is 3. The number of ether oxygens (including phenoxy) is 1. The first-order valence-corrected chi connectivity index (χ1v) is 8.02. The number of hydrogen-bond donors (Lipinski definition) is 0. The molecular formula is C18H23N3O2. The molecule has 2 aromatic rings. The van der Waals surface area contributed by atoms with Crippen LogP contribution >= 0.6 is 0 Å². The fraction of sp³-hybridized carbons (Fsp3) is 0.444. The molecule has 1 fully saturated rings. The van der Waals surface area contributed by atoms with Crippen LogP contribution in [-0.2, 0) is 4.74 Å². The largest absolute Gasteiger partial charge is 0.372 e. The molecule has 1 aliphatic heterocycles. The number of morpholine rings is 1. The highest BCUT2D eigenvalue weighted by Crippen LogP contribution is 2.19. The Balaban J connectivity index is 1.86. The second kappa shape index (κ2) is 6.16. The van der Waals surface area contributed by atoms with Gasteiger partial charge in [-0.1, -0.05) is 17.7 Å². The Kier molecular flexibility index (Phi) is 4.22. The van der Waals surface area contributed by atoms with E-state index < -0.39 is 0 Å². The van der Waals surface area contributed by atoms with Crippen LogP contribution in [0.2, 0.25) is 0 Å². The minimum absolute atomic E-state index is 0.0304. The van der Waals surface area contributed by atoms with Gasteiger partial charge in [-0.25, -0.2) is 4.68 Å². The van der Waals surface area contributed by atoms with Gasteiger partial charge in [-0.3, -0.25) is 4.79 Å². The lowest BCUT2D eigenvalue weighted by Crippen LogP contribution is -2.48. The van der Waals surface area contributed by atoms with Crippen LogP contribution < -0.4 is 0 Å². The van der Waals surface area contributed by atoms with Crippen molar-refractivity contribution in [1.29, 1.82) is 0 Å². The molecule has 1 aliphatic rings. The van der Waals surface area contributed by atoms with Gasteiger partial charge in [-0.15, -0.1) is 0 Å². The molecule has 0 bridgehead atoms. The lowest BCUT2D eigenvalue weighted by molar-refractivity contribution is -0.0586. The van der Waals surface area contributed by atoms with Gasteiger partial charge in [0.15, 0.2) is 0 Å². The Morgan fingerprint density at radius 1 is 1.13 bits per heavy atom. The van der Waals surface area contributed by atoms with E-state index in [-0.39, 0.29) is 18.1 Å². The first-order chi connectivity index (χ1) is 11.0. The quantitative estimate of drug-likeness (QED) is 0.856. The second-order valence-electron chi connectivity index (χ2n) is 6.36. The molecule has 1 saturated heterocycles. The average Bonchev–Trinajstić information content (AvgIpc) is 2.88. The zero-order chi connectivity index (χ0) is 16.6. The lowest BCUT2D eigenvalue weighted by atomic mass is 10.1. The van der Waals surface area contributed by atoms with Crippen LogP contribution in [0, 0.1) is 13.8 Å². The minimum Gasteiger partial charge on any atom is -0.372 e. The van der Waals surface area contributed by atoms with Crippen molar-refractivity contribution in [3.05, 3.63) is 47.3 Å². The van der Waals surface area contributed by atoms with E-state index in [0.717, 1.165) is 11.4 Å². The van der Waals surface area contributed by atoms with E-state index in [9.17, 15) is 4.79 Å². The maximum absolute atomic E-state index is 12.8. The van der Waals surface area contributed by atoms with Gasteiger partial charge in [0.25, 0.3) is 5.91 Å². The summed E-state index contributed by atoms with van der Waals surface area (Å²) in [6.45, 7) is 9.23. The van der Waals surface area contributed by atoms with Crippen molar-refractivity contribution in [3.63, 3.8) is 0 Å². The van der Waals surface area contributed by atoms with Crippen LogP contribution in [0.1, 0.15) is 35.5 Å². The van der Waals surface area contributed by atoms with Crippen molar-refractivity contribution < 1.29 is 9.53 Å². The zero-order valence-corrected chi connectivity index (χ0v) is 14.1. The third kappa shape index (κ3) is 3.15. The Hall–Kier alpha value is -2.14. The molecule has 1 amide bonds. The summed E-state index contributed by atoms with van der Waals surface area (Å²) in [5.74, 6) is 0.0304. The second-order valence-corrected chi connectivity index (χ2v) is 6.36. The van der Waals surface area contributed by atoms with Crippen molar-refractivity contribution in [2.24, 2.45) is 0 Å². The minimum atomic E-state index is 0.0304. The first-order valence-electron chi connectivity index (χ1n) is 8.02. The van der Waals surface area contributed by atoms with Gasteiger partial charge in [0, 0.05) is 13.1 Å². The van der Waals surface area contributed by atoms with Crippen LogP contribution in [0.5, 0.6) is 0 Å². The highest BCUT2D eigenvalue weighted by atomic mass is 16.5. The summed E-state index contributed by atoms with van der Waals surface area (Å²) in [4.78, 5) is 14.7. The fourth-order valence-corrected chi connectivity index (χ4v) is 3.08. The van der Waals surface area contributed by atoms with Crippen LogP contribution in [0.3, 0.4) is 0 Å². The number of amides is 1. The van der Waals surface area contributed by atoms with Gasteiger partial charge >= 0.3 is 0 Å². The van der Waals surface area contributed by atoms with E-state index in [1.165, 1.54) is 5.56 Å². The molecule has 2 heterocycles. The number of aryl methyl sites for hydroxylation is 1. The molecule has 0 N–H and O–H groups in total. The molecule has 1 aromatic carbocycles. The number of hydrogen-bond acceptors (Lipinski definition) is 3. The maximum Gasteiger partial charge on any atom is 0.257 e. The van der Waals surface area contributed by atoms with Gasteiger partial charge < -0.3 is 9.64 Å².